The highest BCUT2D eigenvalue weighted by Gasteiger charge is 2.37. The number of ether oxygens (including phenoxy) is 1. The Kier molecular flexibility index (Phi) is 1.92. The summed E-state index contributed by atoms with van der Waals surface area (Å²) in [6.45, 7) is 3.31. The van der Waals surface area contributed by atoms with Crippen LogP contribution in [-0.4, -0.2) is 12.2 Å². The monoisotopic (exact) mass is 154 g/mol. The number of hydrogen-bond acceptors (Lipinski definition) is 1. The zero-order valence-electron chi connectivity index (χ0n) is 7.44. The largest absolute Gasteiger partial charge is 0.375 e. The summed E-state index contributed by atoms with van der Waals surface area (Å²) in [4.78, 5) is 0. The van der Waals surface area contributed by atoms with E-state index >= 15 is 0 Å². The average molecular weight is 154 g/mol. The Bertz CT molecular complexity index is 126. The molecule has 1 spiro atoms. The van der Waals surface area contributed by atoms with E-state index in [2.05, 4.69) is 6.92 Å². The van der Waals surface area contributed by atoms with Crippen molar-refractivity contribution >= 4 is 0 Å². The van der Waals surface area contributed by atoms with E-state index in [0.29, 0.717) is 5.60 Å². The second-order valence-corrected chi connectivity index (χ2v) is 4.34. The summed E-state index contributed by atoms with van der Waals surface area (Å²) in [5.74, 6) is 0.807. The number of rotatable bonds is 0. The molecule has 0 aromatic heterocycles. The van der Waals surface area contributed by atoms with Gasteiger partial charge >= 0.3 is 0 Å². The van der Waals surface area contributed by atoms with Gasteiger partial charge in [0.1, 0.15) is 0 Å². The Morgan fingerprint density at radius 3 is 2.45 bits per heavy atom. The van der Waals surface area contributed by atoms with Gasteiger partial charge in [-0.25, -0.2) is 0 Å². The van der Waals surface area contributed by atoms with Crippen molar-refractivity contribution in [1.29, 1.82) is 0 Å². The van der Waals surface area contributed by atoms with Crippen molar-refractivity contribution < 1.29 is 4.74 Å². The zero-order valence-corrected chi connectivity index (χ0v) is 7.44. The molecule has 0 radical (unpaired) electrons. The molecule has 1 nitrogen and oxygen atoms in total. The van der Waals surface area contributed by atoms with Gasteiger partial charge in [-0.05, 0) is 31.6 Å². The van der Waals surface area contributed by atoms with E-state index in [1.807, 2.05) is 0 Å². The first-order valence-electron chi connectivity index (χ1n) is 4.95. The van der Waals surface area contributed by atoms with E-state index in [9.17, 15) is 0 Å². The molecule has 0 unspecified atom stereocenters. The van der Waals surface area contributed by atoms with Crippen LogP contribution in [-0.2, 0) is 4.74 Å². The number of hydrogen-bond donors (Lipinski definition) is 0. The van der Waals surface area contributed by atoms with Crippen LogP contribution in [0.4, 0.5) is 0 Å². The molecule has 0 N–H and O–H groups in total. The summed E-state index contributed by atoms with van der Waals surface area (Å²) in [6, 6.07) is 0. The highest BCUT2D eigenvalue weighted by molar-refractivity contribution is 4.89. The van der Waals surface area contributed by atoms with Gasteiger partial charge in [-0.2, -0.15) is 0 Å². The lowest BCUT2D eigenvalue weighted by Crippen LogP contribution is -2.35. The van der Waals surface area contributed by atoms with Crippen molar-refractivity contribution in [3.05, 3.63) is 0 Å². The minimum Gasteiger partial charge on any atom is -0.375 e. The summed E-state index contributed by atoms with van der Waals surface area (Å²) in [7, 11) is 0. The molecule has 2 fully saturated rings. The van der Waals surface area contributed by atoms with E-state index in [1.54, 1.807) is 0 Å². The molecule has 2 aliphatic rings. The smallest absolute Gasteiger partial charge is 0.0682 e. The van der Waals surface area contributed by atoms with Crippen LogP contribution < -0.4 is 0 Å². The Labute approximate surface area is 69.1 Å². The van der Waals surface area contributed by atoms with E-state index in [0.717, 1.165) is 12.5 Å². The molecule has 0 aromatic rings. The SMILES string of the molecule is C[C@@H]1CCC2(CCCC2)OC1. The Morgan fingerprint density at radius 2 is 1.91 bits per heavy atom. The predicted octanol–water partition coefficient (Wildman–Crippen LogP) is 2.75. The van der Waals surface area contributed by atoms with E-state index < -0.39 is 0 Å². The maximum absolute atomic E-state index is 5.94. The van der Waals surface area contributed by atoms with Crippen LogP contribution >= 0.6 is 0 Å². The quantitative estimate of drug-likeness (QED) is 0.521. The average Bonchev–Trinajstić information content (AvgIpc) is 2.45. The fourth-order valence-electron chi connectivity index (χ4n) is 2.40. The molecule has 1 heterocycles. The molecular formula is C10H18O. The van der Waals surface area contributed by atoms with Crippen LogP contribution in [0, 0.1) is 5.92 Å². The second kappa shape index (κ2) is 2.78. The second-order valence-electron chi connectivity index (χ2n) is 4.34. The molecule has 1 atom stereocenters. The van der Waals surface area contributed by atoms with Crippen LogP contribution in [0.2, 0.25) is 0 Å². The molecule has 1 saturated carbocycles. The van der Waals surface area contributed by atoms with Crippen molar-refractivity contribution in [2.24, 2.45) is 5.92 Å². The first-order chi connectivity index (χ1) is 5.31. The van der Waals surface area contributed by atoms with Gasteiger partial charge in [-0.1, -0.05) is 19.8 Å². The Hall–Kier alpha value is -0.0400. The van der Waals surface area contributed by atoms with Gasteiger partial charge in [0.15, 0.2) is 0 Å². The standard InChI is InChI=1S/C10H18O/c1-9-4-7-10(11-8-9)5-2-3-6-10/h9H,2-8H2,1H3/t9-/m1/s1. The Morgan fingerprint density at radius 1 is 1.18 bits per heavy atom. The van der Waals surface area contributed by atoms with Crippen LogP contribution in [0.1, 0.15) is 45.4 Å². The topological polar surface area (TPSA) is 9.23 Å². The first kappa shape index (κ1) is 7.60. The van der Waals surface area contributed by atoms with E-state index in [4.69, 9.17) is 4.74 Å². The van der Waals surface area contributed by atoms with Gasteiger partial charge in [0, 0.05) is 6.61 Å². The molecule has 2 rings (SSSR count). The lowest BCUT2D eigenvalue weighted by Gasteiger charge is -2.36. The van der Waals surface area contributed by atoms with E-state index in [-0.39, 0.29) is 0 Å². The van der Waals surface area contributed by atoms with Gasteiger partial charge in [0.2, 0.25) is 0 Å². The minimum atomic E-state index is 0.354. The maximum atomic E-state index is 5.94. The third-order valence-corrected chi connectivity index (χ3v) is 3.28. The van der Waals surface area contributed by atoms with Crippen LogP contribution in [0.15, 0.2) is 0 Å². The molecule has 0 amide bonds. The molecule has 64 valence electrons. The Balaban J connectivity index is 1.94. The zero-order chi connectivity index (χ0) is 7.73. The van der Waals surface area contributed by atoms with Gasteiger partial charge in [0.25, 0.3) is 0 Å². The van der Waals surface area contributed by atoms with Crippen molar-refractivity contribution in [2.75, 3.05) is 6.61 Å². The lowest BCUT2D eigenvalue weighted by molar-refractivity contribution is -0.0925. The predicted molar refractivity (Wildman–Crippen MR) is 45.5 cm³/mol. The molecule has 1 aliphatic carbocycles. The van der Waals surface area contributed by atoms with Crippen LogP contribution in [0.3, 0.4) is 0 Å². The van der Waals surface area contributed by atoms with Crippen LogP contribution in [0.5, 0.6) is 0 Å². The fraction of sp³-hybridized carbons (Fsp3) is 1.00. The first-order valence-corrected chi connectivity index (χ1v) is 4.95. The highest BCUT2D eigenvalue weighted by atomic mass is 16.5. The molecule has 1 heteroatoms. The molecule has 0 bridgehead atoms. The summed E-state index contributed by atoms with van der Waals surface area (Å²) in [6.07, 6.45) is 8.18. The molecule has 11 heavy (non-hydrogen) atoms. The third-order valence-electron chi connectivity index (χ3n) is 3.28. The van der Waals surface area contributed by atoms with Crippen molar-refractivity contribution in [3.63, 3.8) is 0 Å². The van der Waals surface area contributed by atoms with Gasteiger partial charge in [0.05, 0.1) is 5.60 Å². The summed E-state index contributed by atoms with van der Waals surface area (Å²) in [5.41, 5.74) is 0.354. The fourth-order valence-corrected chi connectivity index (χ4v) is 2.40. The highest BCUT2D eigenvalue weighted by Crippen LogP contribution is 2.40. The van der Waals surface area contributed by atoms with Gasteiger partial charge in [-0.3, -0.25) is 0 Å². The lowest BCUT2D eigenvalue weighted by atomic mass is 9.88. The van der Waals surface area contributed by atoms with Crippen molar-refractivity contribution in [2.45, 2.75) is 51.0 Å². The molecule has 0 aromatic carbocycles. The summed E-state index contributed by atoms with van der Waals surface area (Å²) >= 11 is 0. The van der Waals surface area contributed by atoms with Gasteiger partial charge in [-0.15, -0.1) is 0 Å². The third kappa shape index (κ3) is 1.44. The van der Waals surface area contributed by atoms with Gasteiger partial charge < -0.3 is 4.74 Å². The van der Waals surface area contributed by atoms with E-state index in [1.165, 1.54) is 38.5 Å². The van der Waals surface area contributed by atoms with Crippen molar-refractivity contribution in [1.82, 2.24) is 0 Å². The van der Waals surface area contributed by atoms with Crippen molar-refractivity contribution in [3.8, 4) is 0 Å². The molecular weight excluding hydrogens is 136 g/mol. The maximum Gasteiger partial charge on any atom is 0.0682 e. The molecule has 1 aliphatic heterocycles. The summed E-state index contributed by atoms with van der Waals surface area (Å²) in [5, 5.41) is 0. The minimum absolute atomic E-state index is 0.354. The molecule has 1 saturated heterocycles. The normalized spacial score (nSPS) is 36.3. The summed E-state index contributed by atoms with van der Waals surface area (Å²) < 4.78 is 5.94. The van der Waals surface area contributed by atoms with Crippen LogP contribution in [0.25, 0.3) is 0 Å².